The highest BCUT2D eigenvalue weighted by molar-refractivity contribution is 5.95. The van der Waals surface area contributed by atoms with Crippen LogP contribution in [-0.2, 0) is 6.42 Å². The number of β-amino-alcohol motifs (C(OH)–C–C–N with tert-alkyl or cyclic N) is 1. The smallest absolute Gasteiger partial charge is 0.162 e. The molecule has 0 unspecified atom stereocenters. The molecular weight excluding hydrogens is 350 g/mol. The molecule has 0 bridgehead atoms. The summed E-state index contributed by atoms with van der Waals surface area (Å²) in [6.45, 7) is 4.83. The molecule has 0 radical (unpaired) electrons. The summed E-state index contributed by atoms with van der Waals surface area (Å²) < 4.78 is 5.69. The normalized spacial score (nSPS) is 16.6. The number of aliphatic hydroxyl groups is 1. The topological polar surface area (TPSA) is 49.8 Å². The van der Waals surface area contributed by atoms with Crippen LogP contribution < -0.4 is 4.74 Å². The van der Waals surface area contributed by atoms with E-state index >= 15 is 0 Å². The first-order valence-electron chi connectivity index (χ1n) is 10.3. The Morgan fingerprint density at radius 2 is 1.79 bits per heavy atom. The van der Waals surface area contributed by atoms with Gasteiger partial charge >= 0.3 is 0 Å². The quantitative estimate of drug-likeness (QED) is 0.668. The highest BCUT2D eigenvalue weighted by Gasteiger charge is 2.21. The maximum atomic E-state index is 11.7. The highest BCUT2D eigenvalue weighted by Crippen LogP contribution is 2.22. The second-order valence-corrected chi connectivity index (χ2v) is 7.70. The summed E-state index contributed by atoms with van der Waals surface area (Å²) in [5, 5.41) is 10.3. The van der Waals surface area contributed by atoms with E-state index in [1.54, 1.807) is 24.3 Å². The maximum absolute atomic E-state index is 11.7. The number of rotatable bonds is 9. The van der Waals surface area contributed by atoms with Crippen molar-refractivity contribution in [1.29, 1.82) is 0 Å². The van der Waals surface area contributed by atoms with Gasteiger partial charge in [-0.05, 0) is 68.1 Å². The molecule has 0 saturated carbocycles. The second kappa shape index (κ2) is 10.4. The van der Waals surface area contributed by atoms with E-state index in [2.05, 4.69) is 35.2 Å². The lowest BCUT2D eigenvalue weighted by atomic mass is 9.90. The number of likely N-dealkylation sites (tertiary alicyclic amines) is 1. The molecule has 1 saturated heterocycles. The van der Waals surface area contributed by atoms with Gasteiger partial charge in [-0.25, -0.2) is 0 Å². The average molecular weight is 382 g/mol. The molecule has 0 amide bonds. The Kier molecular flexibility index (Phi) is 7.63. The molecule has 2 aromatic rings. The van der Waals surface area contributed by atoms with Crippen LogP contribution in [0.4, 0.5) is 0 Å². The van der Waals surface area contributed by atoms with Crippen LogP contribution >= 0.6 is 0 Å². The Hall–Kier alpha value is -2.17. The van der Waals surface area contributed by atoms with Crippen molar-refractivity contribution in [2.24, 2.45) is 5.92 Å². The first-order valence-corrected chi connectivity index (χ1v) is 10.3. The molecule has 1 aliphatic rings. The van der Waals surface area contributed by atoms with Gasteiger partial charge in [0.2, 0.25) is 0 Å². The number of hydrogen-bond donors (Lipinski definition) is 1. The number of ether oxygens (including phenoxy) is 1. The predicted molar refractivity (Wildman–Crippen MR) is 112 cm³/mol. The lowest BCUT2D eigenvalue weighted by Gasteiger charge is -2.33. The zero-order valence-corrected chi connectivity index (χ0v) is 16.7. The minimum Gasteiger partial charge on any atom is -0.491 e. The van der Waals surface area contributed by atoms with Gasteiger partial charge in [0, 0.05) is 18.5 Å². The number of carbonyl (C=O) groups excluding carboxylic acids is 1. The summed E-state index contributed by atoms with van der Waals surface area (Å²) in [6, 6.07) is 17.8. The van der Waals surface area contributed by atoms with Crippen molar-refractivity contribution in [3.8, 4) is 5.75 Å². The third kappa shape index (κ3) is 6.18. The number of benzene rings is 2. The van der Waals surface area contributed by atoms with Crippen LogP contribution in [0.5, 0.6) is 5.75 Å². The summed E-state index contributed by atoms with van der Waals surface area (Å²) >= 11 is 0. The fraction of sp³-hybridized carbons (Fsp3) is 0.458. The number of ketones is 1. The van der Waals surface area contributed by atoms with Gasteiger partial charge in [-0.1, -0.05) is 37.3 Å². The van der Waals surface area contributed by atoms with Crippen LogP contribution in [0.3, 0.4) is 0 Å². The van der Waals surface area contributed by atoms with Crippen LogP contribution in [0.15, 0.2) is 54.6 Å². The van der Waals surface area contributed by atoms with Gasteiger partial charge in [0.05, 0.1) is 0 Å². The third-order valence-electron chi connectivity index (χ3n) is 5.48. The lowest BCUT2D eigenvalue weighted by Crippen LogP contribution is -2.41. The van der Waals surface area contributed by atoms with Crippen molar-refractivity contribution >= 4 is 5.78 Å². The standard InChI is InChI=1S/C24H31NO3/c1-2-24(27)21-8-10-23(11-9-21)28-18-22(26)17-25-14-12-20(13-15-25)16-19-6-4-3-5-7-19/h3-11,20,22,26H,2,12-18H2,1H3/t22-/m0/s1. The maximum Gasteiger partial charge on any atom is 0.162 e. The van der Waals surface area contributed by atoms with Crippen molar-refractivity contribution < 1.29 is 14.6 Å². The van der Waals surface area contributed by atoms with Crippen LogP contribution in [0.25, 0.3) is 0 Å². The van der Waals surface area contributed by atoms with Gasteiger partial charge in [0.15, 0.2) is 5.78 Å². The largest absolute Gasteiger partial charge is 0.491 e. The first kappa shape index (κ1) is 20.6. The van der Waals surface area contributed by atoms with Gasteiger partial charge in [-0.15, -0.1) is 0 Å². The number of Topliss-reactive ketones (excluding diaryl/α,β-unsaturated/α-hetero) is 1. The van der Waals surface area contributed by atoms with Crippen molar-refractivity contribution in [1.82, 2.24) is 4.90 Å². The van der Waals surface area contributed by atoms with E-state index < -0.39 is 6.10 Å². The van der Waals surface area contributed by atoms with Crippen LogP contribution in [0.1, 0.15) is 42.1 Å². The zero-order chi connectivity index (χ0) is 19.8. The minimum absolute atomic E-state index is 0.127. The van der Waals surface area contributed by atoms with Gasteiger partial charge < -0.3 is 14.7 Å². The van der Waals surface area contributed by atoms with Crippen LogP contribution in [0.2, 0.25) is 0 Å². The second-order valence-electron chi connectivity index (χ2n) is 7.70. The predicted octanol–water partition coefficient (Wildman–Crippen LogP) is 3.97. The van der Waals surface area contributed by atoms with Crippen molar-refractivity contribution in [2.75, 3.05) is 26.2 Å². The minimum atomic E-state index is -0.511. The monoisotopic (exact) mass is 381 g/mol. The Morgan fingerprint density at radius 1 is 1.11 bits per heavy atom. The molecule has 0 spiro atoms. The molecular formula is C24H31NO3. The van der Waals surface area contributed by atoms with E-state index in [1.165, 1.54) is 18.4 Å². The van der Waals surface area contributed by atoms with Crippen LogP contribution in [0, 0.1) is 5.92 Å². The summed E-state index contributed by atoms with van der Waals surface area (Å²) in [5.74, 6) is 1.55. The van der Waals surface area contributed by atoms with Gasteiger partial charge in [-0.2, -0.15) is 0 Å². The molecule has 2 aromatic carbocycles. The molecule has 1 N–H and O–H groups in total. The molecule has 3 rings (SSSR count). The average Bonchev–Trinajstić information content (AvgIpc) is 2.74. The molecule has 1 aliphatic heterocycles. The molecule has 150 valence electrons. The molecule has 28 heavy (non-hydrogen) atoms. The molecule has 0 aromatic heterocycles. The van der Waals surface area contributed by atoms with Gasteiger partial charge in [0.25, 0.3) is 0 Å². The molecule has 1 fully saturated rings. The van der Waals surface area contributed by atoms with Crippen molar-refractivity contribution in [3.63, 3.8) is 0 Å². The summed E-state index contributed by atoms with van der Waals surface area (Å²) in [6.07, 6.45) is 3.49. The fourth-order valence-electron chi connectivity index (χ4n) is 3.80. The summed E-state index contributed by atoms with van der Waals surface area (Å²) in [5.41, 5.74) is 2.12. The van der Waals surface area contributed by atoms with E-state index in [4.69, 9.17) is 4.74 Å². The van der Waals surface area contributed by atoms with E-state index in [0.717, 1.165) is 25.4 Å². The number of nitrogens with zero attached hydrogens (tertiary/aromatic N) is 1. The SMILES string of the molecule is CCC(=O)c1ccc(OC[C@@H](O)CN2CCC(Cc3ccccc3)CC2)cc1. The molecule has 4 nitrogen and oxygen atoms in total. The number of carbonyl (C=O) groups is 1. The first-order chi connectivity index (χ1) is 13.6. The Labute approximate surface area is 168 Å². The zero-order valence-electron chi connectivity index (χ0n) is 16.7. The Bertz CT molecular complexity index is 721. The fourth-order valence-corrected chi connectivity index (χ4v) is 3.80. The van der Waals surface area contributed by atoms with Crippen LogP contribution in [-0.4, -0.2) is 48.1 Å². The van der Waals surface area contributed by atoms with E-state index in [-0.39, 0.29) is 12.4 Å². The van der Waals surface area contributed by atoms with Gasteiger partial charge in [-0.3, -0.25) is 4.79 Å². The lowest BCUT2D eigenvalue weighted by molar-refractivity contribution is 0.0550. The highest BCUT2D eigenvalue weighted by atomic mass is 16.5. The molecule has 4 heteroatoms. The Balaban J connectivity index is 1.36. The molecule has 1 heterocycles. The third-order valence-corrected chi connectivity index (χ3v) is 5.48. The van der Waals surface area contributed by atoms with Crippen molar-refractivity contribution in [2.45, 2.75) is 38.7 Å². The number of piperidine rings is 1. The number of hydrogen-bond acceptors (Lipinski definition) is 4. The van der Waals surface area contributed by atoms with E-state index in [0.29, 0.717) is 24.3 Å². The summed E-state index contributed by atoms with van der Waals surface area (Å²) in [7, 11) is 0. The summed E-state index contributed by atoms with van der Waals surface area (Å²) in [4.78, 5) is 14.0. The van der Waals surface area contributed by atoms with E-state index in [1.807, 2.05) is 6.92 Å². The van der Waals surface area contributed by atoms with Gasteiger partial charge in [0.1, 0.15) is 18.5 Å². The van der Waals surface area contributed by atoms with Crippen molar-refractivity contribution in [3.05, 3.63) is 65.7 Å². The number of aliphatic hydroxyl groups excluding tert-OH is 1. The Morgan fingerprint density at radius 3 is 2.43 bits per heavy atom. The molecule has 1 atom stereocenters. The van der Waals surface area contributed by atoms with E-state index in [9.17, 15) is 9.90 Å². The molecule has 0 aliphatic carbocycles.